The normalized spacial score (nSPS) is 24.4. The van der Waals surface area contributed by atoms with Crippen LogP contribution in [0.4, 0.5) is 5.69 Å². The van der Waals surface area contributed by atoms with E-state index in [-0.39, 0.29) is 12.0 Å². The highest BCUT2D eigenvalue weighted by atomic mass is 16.5. The van der Waals surface area contributed by atoms with Crippen LogP contribution in [0.25, 0.3) is 0 Å². The molecule has 0 aromatic heterocycles. The molecule has 1 fully saturated rings. The van der Waals surface area contributed by atoms with Crippen LogP contribution in [0.1, 0.15) is 5.56 Å². The molecular formula is C15H21N3O2. The van der Waals surface area contributed by atoms with Gasteiger partial charge in [0.05, 0.1) is 25.8 Å². The molecule has 5 nitrogen and oxygen atoms in total. The van der Waals surface area contributed by atoms with Gasteiger partial charge in [0, 0.05) is 25.3 Å². The summed E-state index contributed by atoms with van der Waals surface area (Å²) < 4.78 is 5.80. The van der Waals surface area contributed by atoms with Crippen LogP contribution in [-0.2, 0) is 16.1 Å². The Hall–Kier alpha value is -1.43. The highest BCUT2D eigenvalue weighted by Gasteiger charge is 2.27. The summed E-state index contributed by atoms with van der Waals surface area (Å²) in [6.07, 6.45) is 0.0869. The Labute approximate surface area is 119 Å². The second-order valence-electron chi connectivity index (χ2n) is 5.49. The third-order valence-electron chi connectivity index (χ3n) is 3.90. The lowest BCUT2D eigenvalue weighted by Gasteiger charge is -2.34. The van der Waals surface area contributed by atoms with E-state index < -0.39 is 0 Å². The van der Waals surface area contributed by atoms with E-state index in [0.717, 1.165) is 31.9 Å². The molecule has 0 aliphatic carbocycles. The number of hydrogen-bond donors (Lipinski definition) is 1. The molecule has 1 aromatic carbocycles. The summed E-state index contributed by atoms with van der Waals surface area (Å²) in [6.45, 7) is 4.33. The van der Waals surface area contributed by atoms with Gasteiger partial charge in [-0.25, -0.2) is 0 Å². The number of nitrogens with zero attached hydrogens (tertiary/aromatic N) is 2. The summed E-state index contributed by atoms with van der Waals surface area (Å²) >= 11 is 0. The first-order valence-corrected chi connectivity index (χ1v) is 7.13. The Morgan fingerprint density at radius 2 is 2.20 bits per heavy atom. The molecule has 5 heteroatoms. The molecule has 0 spiro atoms. The minimum absolute atomic E-state index is 0.0869. The van der Waals surface area contributed by atoms with Crippen LogP contribution in [0, 0.1) is 0 Å². The van der Waals surface area contributed by atoms with Crippen molar-refractivity contribution in [2.24, 2.45) is 0 Å². The van der Waals surface area contributed by atoms with Crippen LogP contribution in [0.5, 0.6) is 0 Å². The third kappa shape index (κ3) is 2.85. The van der Waals surface area contributed by atoms with Crippen LogP contribution in [0.3, 0.4) is 0 Å². The van der Waals surface area contributed by atoms with Gasteiger partial charge in [-0.1, -0.05) is 18.2 Å². The summed E-state index contributed by atoms with van der Waals surface area (Å²) in [5.74, 6) is 0.117. The number of hydrogen-bond acceptors (Lipinski definition) is 4. The molecule has 3 rings (SSSR count). The molecule has 0 bridgehead atoms. The molecule has 1 N–H and O–H groups in total. The maximum absolute atomic E-state index is 12.3. The van der Waals surface area contributed by atoms with E-state index in [9.17, 15) is 4.79 Å². The quantitative estimate of drug-likeness (QED) is 0.851. The van der Waals surface area contributed by atoms with E-state index in [2.05, 4.69) is 23.3 Å². The van der Waals surface area contributed by atoms with Gasteiger partial charge in [0.1, 0.15) is 0 Å². The lowest BCUT2D eigenvalue weighted by atomic mass is 10.1. The van der Waals surface area contributed by atoms with E-state index in [1.54, 1.807) is 0 Å². The highest BCUT2D eigenvalue weighted by molar-refractivity contribution is 5.96. The minimum Gasteiger partial charge on any atom is -0.374 e. The van der Waals surface area contributed by atoms with Crippen molar-refractivity contribution in [3.8, 4) is 0 Å². The van der Waals surface area contributed by atoms with Crippen LogP contribution in [0.15, 0.2) is 24.3 Å². The number of morpholine rings is 1. The van der Waals surface area contributed by atoms with Gasteiger partial charge in [-0.15, -0.1) is 0 Å². The summed E-state index contributed by atoms with van der Waals surface area (Å²) in [6, 6.07) is 8.09. The predicted octanol–water partition coefficient (Wildman–Crippen LogP) is 0.453. The van der Waals surface area contributed by atoms with Gasteiger partial charge in [0.2, 0.25) is 5.91 Å². The number of likely N-dealkylation sites (N-methyl/N-ethyl adjacent to an activating group) is 1. The van der Waals surface area contributed by atoms with Gasteiger partial charge >= 0.3 is 0 Å². The van der Waals surface area contributed by atoms with Crippen molar-refractivity contribution >= 4 is 11.6 Å². The van der Waals surface area contributed by atoms with Crippen LogP contribution in [-0.4, -0.2) is 56.7 Å². The molecule has 1 atom stereocenters. The smallest absolute Gasteiger partial charge is 0.241 e. The third-order valence-corrected chi connectivity index (χ3v) is 3.90. The van der Waals surface area contributed by atoms with Crippen molar-refractivity contribution < 1.29 is 9.53 Å². The SMILES string of the molecule is CN1CCOC(CN2C(=O)CNCc3ccccc32)C1. The fourth-order valence-electron chi connectivity index (χ4n) is 2.84. The predicted molar refractivity (Wildman–Crippen MR) is 77.7 cm³/mol. The number of nitrogens with one attached hydrogen (secondary N) is 1. The van der Waals surface area contributed by atoms with Gasteiger partial charge < -0.3 is 19.9 Å². The second-order valence-corrected chi connectivity index (χ2v) is 5.49. The fraction of sp³-hybridized carbons (Fsp3) is 0.533. The number of amides is 1. The Morgan fingerprint density at radius 1 is 1.35 bits per heavy atom. The van der Waals surface area contributed by atoms with E-state index in [1.165, 1.54) is 5.56 Å². The Balaban J connectivity index is 1.81. The Bertz CT molecular complexity index is 492. The molecular weight excluding hydrogens is 254 g/mol. The van der Waals surface area contributed by atoms with Gasteiger partial charge in [0.15, 0.2) is 0 Å². The summed E-state index contributed by atoms with van der Waals surface area (Å²) in [5, 5.41) is 3.19. The summed E-state index contributed by atoms with van der Waals surface area (Å²) in [4.78, 5) is 16.5. The molecule has 108 valence electrons. The number of anilines is 1. The van der Waals surface area contributed by atoms with Crippen molar-refractivity contribution in [3.63, 3.8) is 0 Å². The topological polar surface area (TPSA) is 44.8 Å². The number of carbonyl (C=O) groups is 1. The van der Waals surface area contributed by atoms with Gasteiger partial charge in [-0.2, -0.15) is 0 Å². The number of para-hydroxylation sites is 1. The average Bonchev–Trinajstić information content (AvgIpc) is 2.59. The van der Waals surface area contributed by atoms with Crippen molar-refractivity contribution in [2.45, 2.75) is 12.6 Å². The first kappa shape index (κ1) is 13.5. The number of rotatable bonds is 2. The first-order valence-electron chi connectivity index (χ1n) is 7.13. The van der Waals surface area contributed by atoms with Crippen LogP contribution in [0.2, 0.25) is 0 Å². The van der Waals surface area contributed by atoms with Crippen LogP contribution >= 0.6 is 0 Å². The molecule has 1 unspecified atom stereocenters. The number of carbonyl (C=O) groups excluding carboxylic acids is 1. The molecule has 0 saturated carbocycles. The zero-order chi connectivity index (χ0) is 13.9. The van der Waals surface area contributed by atoms with Gasteiger partial charge in [-0.3, -0.25) is 4.79 Å². The van der Waals surface area contributed by atoms with E-state index in [1.807, 2.05) is 23.1 Å². The zero-order valence-electron chi connectivity index (χ0n) is 11.8. The number of fused-ring (bicyclic) bond motifs is 1. The number of benzene rings is 1. The monoisotopic (exact) mass is 275 g/mol. The molecule has 20 heavy (non-hydrogen) atoms. The van der Waals surface area contributed by atoms with Crippen molar-refractivity contribution in [1.29, 1.82) is 0 Å². The molecule has 1 saturated heterocycles. The van der Waals surface area contributed by atoms with Crippen molar-refractivity contribution in [1.82, 2.24) is 10.2 Å². The fourth-order valence-corrected chi connectivity index (χ4v) is 2.84. The average molecular weight is 275 g/mol. The van der Waals surface area contributed by atoms with Gasteiger partial charge in [0.25, 0.3) is 0 Å². The maximum Gasteiger partial charge on any atom is 0.241 e. The standard InChI is InChI=1S/C15H21N3O2/c1-17-6-7-20-13(10-17)11-18-14-5-3-2-4-12(14)8-16-9-15(18)19/h2-5,13,16H,6-11H2,1H3. The van der Waals surface area contributed by atoms with Crippen molar-refractivity contribution in [3.05, 3.63) is 29.8 Å². The molecule has 0 radical (unpaired) electrons. The highest BCUT2D eigenvalue weighted by Crippen LogP contribution is 2.23. The molecule has 2 aliphatic rings. The largest absolute Gasteiger partial charge is 0.374 e. The summed E-state index contributed by atoms with van der Waals surface area (Å²) in [7, 11) is 2.09. The van der Waals surface area contributed by atoms with E-state index in [0.29, 0.717) is 13.1 Å². The molecule has 1 aromatic rings. The zero-order valence-corrected chi connectivity index (χ0v) is 11.8. The van der Waals surface area contributed by atoms with Crippen molar-refractivity contribution in [2.75, 3.05) is 44.7 Å². The van der Waals surface area contributed by atoms with E-state index in [4.69, 9.17) is 4.74 Å². The van der Waals surface area contributed by atoms with E-state index >= 15 is 0 Å². The maximum atomic E-state index is 12.3. The lowest BCUT2D eigenvalue weighted by Crippen LogP contribution is -2.48. The Kier molecular flexibility index (Phi) is 4.00. The minimum atomic E-state index is 0.0869. The number of ether oxygens (including phenoxy) is 1. The second kappa shape index (κ2) is 5.91. The lowest BCUT2D eigenvalue weighted by molar-refractivity contribution is -0.118. The molecule has 2 heterocycles. The molecule has 2 aliphatic heterocycles. The Morgan fingerprint density at radius 3 is 3.05 bits per heavy atom. The van der Waals surface area contributed by atoms with Gasteiger partial charge in [-0.05, 0) is 18.7 Å². The first-order chi connectivity index (χ1) is 9.74. The van der Waals surface area contributed by atoms with Crippen LogP contribution < -0.4 is 10.2 Å². The molecule has 1 amide bonds. The summed E-state index contributed by atoms with van der Waals surface area (Å²) in [5.41, 5.74) is 2.18.